The number of anilines is 1. The lowest BCUT2D eigenvalue weighted by atomic mass is 10.1. The summed E-state index contributed by atoms with van der Waals surface area (Å²) >= 11 is 0. The third kappa shape index (κ3) is 2.21. The van der Waals surface area contributed by atoms with Crippen LogP contribution in [0.15, 0.2) is 29.3 Å². The fraction of sp³-hybridized carbons (Fsp3) is 0.444. The molecule has 3 heterocycles. The van der Waals surface area contributed by atoms with E-state index in [1.165, 1.54) is 9.80 Å². The van der Waals surface area contributed by atoms with Gasteiger partial charge in [-0.3, -0.25) is 14.6 Å². The van der Waals surface area contributed by atoms with E-state index in [9.17, 15) is 9.59 Å². The first kappa shape index (κ1) is 16.6. The molecule has 3 aliphatic heterocycles. The Balaban J connectivity index is 1.75. The van der Waals surface area contributed by atoms with Crippen LogP contribution >= 0.6 is 0 Å². The van der Waals surface area contributed by atoms with Gasteiger partial charge in [-0.2, -0.15) is 0 Å². The van der Waals surface area contributed by atoms with Crippen molar-refractivity contribution in [2.24, 2.45) is 4.99 Å². The van der Waals surface area contributed by atoms with Crippen molar-refractivity contribution in [1.82, 2.24) is 9.80 Å². The molecule has 0 saturated carbocycles. The molecule has 0 aliphatic carbocycles. The van der Waals surface area contributed by atoms with Gasteiger partial charge in [0.2, 0.25) is 11.9 Å². The predicted octanol–water partition coefficient (Wildman–Crippen LogP) is 0.968. The minimum absolute atomic E-state index is 0.204. The number of carbonyl (C=O) groups excluding carboxylic acids is 2. The highest BCUT2D eigenvalue weighted by Gasteiger charge is 2.55. The molecule has 8 heteroatoms. The second kappa shape index (κ2) is 6.12. The number of hydrogen-bond donors (Lipinski definition) is 0. The van der Waals surface area contributed by atoms with Gasteiger partial charge in [-0.05, 0) is 26.0 Å². The molecule has 1 fully saturated rings. The molecule has 1 atom stereocenters. The summed E-state index contributed by atoms with van der Waals surface area (Å²) in [6.07, 6.45) is 0. The number of carbonyl (C=O) groups is 2. The zero-order valence-corrected chi connectivity index (χ0v) is 15.2. The maximum Gasteiger partial charge on any atom is 0.397 e. The van der Waals surface area contributed by atoms with Gasteiger partial charge in [-0.25, -0.2) is 14.3 Å². The second-order valence-corrected chi connectivity index (χ2v) is 6.34. The normalized spacial score (nSPS) is 22.0. The number of hydrogen-bond acceptors (Lipinski definition) is 5. The third-order valence-electron chi connectivity index (χ3n) is 4.97. The average molecular weight is 356 g/mol. The van der Waals surface area contributed by atoms with Gasteiger partial charge >= 0.3 is 12.0 Å². The molecule has 1 aromatic carbocycles. The number of guanidine groups is 1. The van der Waals surface area contributed by atoms with Gasteiger partial charge in [-0.15, -0.1) is 0 Å². The van der Waals surface area contributed by atoms with Crippen molar-refractivity contribution in [3.63, 3.8) is 0 Å². The Morgan fingerprint density at radius 2 is 2.04 bits per heavy atom. The van der Waals surface area contributed by atoms with Crippen LogP contribution in [0.5, 0.6) is 5.75 Å². The molecule has 8 nitrogen and oxygen atoms in total. The van der Waals surface area contributed by atoms with Gasteiger partial charge in [0.05, 0.1) is 13.2 Å². The van der Waals surface area contributed by atoms with E-state index < -0.39 is 6.04 Å². The van der Waals surface area contributed by atoms with E-state index in [4.69, 9.17) is 4.74 Å². The van der Waals surface area contributed by atoms with Gasteiger partial charge in [0, 0.05) is 13.6 Å². The molecule has 0 bridgehead atoms. The number of nitrogens with zero attached hydrogens (tertiary/aromatic N) is 5. The number of aliphatic imine (C=N–C) groups is 1. The molecule has 0 N–H and O–H groups in total. The Morgan fingerprint density at radius 1 is 1.27 bits per heavy atom. The maximum absolute atomic E-state index is 12.8. The number of likely N-dealkylation sites (N-methyl/N-ethyl adjacent to an activating group) is 2. The number of rotatable bonds is 4. The molecule has 0 aromatic heterocycles. The molecule has 0 spiro atoms. The first-order valence-corrected chi connectivity index (χ1v) is 8.89. The van der Waals surface area contributed by atoms with Crippen LogP contribution in [0.3, 0.4) is 0 Å². The van der Waals surface area contributed by atoms with Crippen LogP contribution in [0.25, 0.3) is 0 Å². The van der Waals surface area contributed by atoms with Crippen LogP contribution in [-0.2, 0) is 4.79 Å². The van der Waals surface area contributed by atoms with Crippen molar-refractivity contribution in [2.75, 3.05) is 38.2 Å². The fourth-order valence-electron chi connectivity index (χ4n) is 3.74. The molecular formula is C18H22N5O3+. The molecule has 1 unspecified atom stereocenters. The zero-order valence-electron chi connectivity index (χ0n) is 15.2. The summed E-state index contributed by atoms with van der Waals surface area (Å²) < 4.78 is 7.73. The van der Waals surface area contributed by atoms with Crippen molar-refractivity contribution in [3.8, 4) is 5.75 Å². The number of fused-ring (bicyclic) bond motifs is 2. The van der Waals surface area contributed by atoms with Crippen LogP contribution in [0.2, 0.25) is 0 Å². The summed E-state index contributed by atoms with van der Waals surface area (Å²) in [7, 11) is 1.67. The quantitative estimate of drug-likeness (QED) is 0.754. The van der Waals surface area contributed by atoms with E-state index in [-0.39, 0.29) is 11.9 Å². The Kier molecular flexibility index (Phi) is 3.90. The molecule has 0 radical (unpaired) electrons. The number of benzene rings is 1. The summed E-state index contributed by atoms with van der Waals surface area (Å²) in [5.74, 6) is 1.77. The minimum Gasteiger partial charge on any atom is -0.490 e. The Morgan fingerprint density at radius 3 is 2.77 bits per heavy atom. The SMILES string of the molecule is CCOc1ccccc1N1CC[N+]2=C1N=C1C2C(=O)N(CC)C(=O)N1C. The van der Waals surface area contributed by atoms with Gasteiger partial charge in [0.15, 0.2) is 5.75 Å². The number of imide groups is 1. The average Bonchev–Trinajstić information content (AvgIpc) is 3.20. The first-order chi connectivity index (χ1) is 12.6. The summed E-state index contributed by atoms with van der Waals surface area (Å²) in [6.45, 7) is 6.06. The van der Waals surface area contributed by atoms with Crippen molar-refractivity contribution in [1.29, 1.82) is 0 Å². The molecule has 1 aromatic rings. The summed E-state index contributed by atoms with van der Waals surface area (Å²) in [5, 5.41) is 0. The molecule has 3 amide bonds. The van der Waals surface area contributed by atoms with E-state index in [1.807, 2.05) is 35.8 Å². The van der Waals surface area contributed by atoms with Gasteiger partial charge in [-0.1, -0.05) is 17.1 Å². The van der Waals surface area contributed by atoms with Crippen LogP contribution < -0.4 is 9.64 Å². The molecule has 4 rings (SSSR count). The van der Waals surface area contributed by atoms with Crippen LogP contribution in [0.4, 0.5) is 10.5 Å². The Bertz CT molecular complexity index is 847. The largest absolute Gasteiger partial charge is 0.490 e. The predicted molar refractivity (Wildman–Crippen MR) is 96.9 cm³/mol. The van der Waals surface area contributed by atoms with E-state index in [0.717, 1.165) is 11.4 Å². The topological polar surface area (TPSA) is 68.5 Å². The lowest BCUT2D eigenvalue weighted by Crippen LogP contribution is -2.62. The van der Waals surface area contributed by atoms with E-state index in [0.29, 0.717) is 38.0 Å². The highest BCUT2D eigenvalue weighted by atomic mass is 16.5. The lowest BCUT2D eigenvalue weighted by molar-refractivity contribution is -0.525. The maximum atomic E-state index is 12.8. The highest BCUT2D eigenvalue weighted by Crippen LogP contribution is 2.32. The minimum atomic E-state index is -0.531. The van der Waals surface area contributed by atoms with Crippen molar-refractivity contribution in [2.45, 2.75) is 19.9 Å². The monoisotopic (exact) mass is 356 g/mol. The number of ether oxygens (including phenoxy) is 1. The zero-order chi connectivity index (χ0) is 18.4. The molecule has 3 aliphatic rings. The molecule has 1 saturated heterocycles. The lowest BCUT2D eigenvalue weighted by Gasteiger charge is -2.33. The van der Waals surface area contributed by atoms with Crippen LogP contribution in [-0.4, -0.2) is 77.4 Å². The smallest absolute Gasteiger partial charge is 0.397 e. The standard InChI is InChI=1S/C18H22N5O3/c1-4-21-16(24)14-15(20(3)18(21)25)19-17-22(10-11-23(14)17)12-8-6-7-9-13(12)26-5-2/h6-9,14H,4-5,10-11H2,1-3H3/q+1. The van der Waals surface area contributed by atoms with Crippen molar-refractivity contribution < 1.29 is 18.9 Å². The fourth-order valence-corrected chi connectivity index (χ4v) is 3.74. The van der Waals surface area contributed by atoms with Gasteiger partial charge < -0.3 is 4.74 Å². The number of urea groups is 1. The number of para-hydroxylation sites is 2. The van der Waals surface area contributed by atoms with Crippen molar-refractivity contribution in [3.05, 3.63) is 24.3 Å². The summed E-state index contributed by atoms with van der Waals surface area (Å²) in [4.78, 5) is 34.7. The highest BCUT2D eigenvalue weighted by molar-refractivity contribution is 6.24. The second-order valence-electron chi connectivity index (χ2n) is 6.34. The van der Waals surface area contributed by atoms with E-state index >= 15 is 0 Å². The van der Waals surface area contributed by atoms with Gasteiger partial charge in [0.1, 0.15) is 12.2 Å². The Labute approximate surface area is 152 Å². The Hall–Kier alpha value is -2.90. The van der Waals surface area contributed by atoms with Crippen LogP contribution in [0, 0.1) is 0 Å². The van der Waals surface area contributed by atoms with Crippen molar-refractivity contribution >= 4 is 29.4 Å². The molecule has 26 heavy (non-hydrogen) atoms. The number of amidine groups is 1. The molecule has 136 valence electrons. The van der Waals surface area contributed by atoms with Crippen LogP contribution in [0.1, 0.15) is 13.8 Å². The number of amides is 3. The summed E-state index contributed by atoms with van der Waals surface area (Å²) in [6, 6.07) is 6.95. The van der Waals surface area contributed by atoms with Gasteiger partial charge in [0.25, 0.3) is 5.91 Å². The summed E-state index contributed by atoms with van der Waals surface area (Å²) in [5.41, 5.74) is 0.920. The van der Waals surface area contributed by atoms with E-state index in [2.05, 4.69) is 9.89 Å². The first-order valence-electron chi connectivity index (χ1n) is 8.89. The third-order valence-corrected chi connectivity index (χ3v) is 4.97. The van der Waals surface area contributed by atoms with E-state index in [1.54, 1.807) is 14.0 Å². The molecular weight excluding hydrogens is 334 g/mol.